The van der Waals surface area contributed by atoms with Gasteiger partial charge in [0.1, 0.15) is 0 Å². The van der Waals surface area contributed by atoms with E-state index in [1.807, 2.05) is 11.8 Å². The van der Waals surface area contributed by atoms with E-state index in [9.17, 15) is 5.11 Å². The van der Waals surface area contributed by atoms with Gasteiger partial charge in [0.05, 0.1) is 16.8 Å². The van der Waals surface area contributed by atoms with E-state index < -0.39 is 5.60 Å². The van der Waals surface area contributed by atoms with Crippen LogP contribution in [0.15, 0.2) is 0 Å². The Kier molecular flexibility index (Phi) is 2.89. The molecule has 2 aliphatic rings. The molecule has 3 heteroatoms. The molecule has 0 saturated carbocycles. The maximum atomic E-state index is 10.8. The van der Waals surface area contributed by atoms with Crippen molar-refractivity contribution in [2.24, 2.45) is 5.92 Å². The molecule has 0 aromatic rings. The van der Waals surface area contributed by atoms with Gasteiger partial charge in [-0.25, -0.2) is 0 Å². The molecule has 1 N–H and O–H groups in total. The van der Waals surface area contributed by atoms with Crippen LogP contribution < -0.4 is 0 Å². The molecule has 2 nitrogen and oxygen atoms in total. The van der Waals surface area contributed by atoms with Gasteiger partial charge in [0.2, 0.25) is 0 Å². The summed E-state index contributed by atoms with van der Waals surface area (Å²) >= 11 is 1.89. The maximum Gasteiger partial charge on any atom is 0.0804 e. The van der Waals surface area contributed by atoms with Crippen LogP contribution in [0.1, 0.15) is 47.5 Å². The predicted molar refractivity (Wildman–Crippen MR) is 68.8 cm³/mol. The maximum absolute atomic E-state index is 10.8. The van der Waals surface area contributed by atoms with Crippen molar-refractivity contribution < 1.29 is 9.84 Å². The normalized spacial score (nSPS) is 46.1. The van der Waals surface area contributed by atoms with Gasteiger partial charge in [-0.3, -0.25) is 0 Å². The van der Waals surface area contributed by atoms with Crippen LogP contribution in [-0.2, 0) is 4.74 Å². The molecule has 16 heavy (non-hydrogen) atoms. The van der Waals surface area contributed by atoms with Gasteiger partial charge in [-0.2, -0.15) is 11.8 Å². The van der Waals surface area contributed by atoms with E-state index >= 15 is 0 Å². The van der Waals surface area contributed by atoms with Crippen LogP contribution >= 0.6 is 11.8 Å². The van der Waals surface area contributed by atoms with Crippen molar-refractivity contribution in [1.82, 2.24) is 0 Å². The van der Waals surface area contributed by atoms with E-state index in [2.05, 4.69) is 34.6 Å². The van der Waals surface area contributed by atoms with Gasteiger partial charge in [-0.05, 0) is 40.5 Å². The standard InChI is InChI=1S/C13H24O2S/c1-9-6-13(14,8-16-9)10-7-11(2,3)15-12(10,4)5/h9-10,14H,6-8H2,1-5H3. The van der Waals surface area contributed by atoms with Gasteiger partial charge in [0, 0.05) is 16.9 Å². The van der Waals surface area contributed by atoms with Crippen molar-refractivity contribution in [2.75, 3.05) is 5.75 Å². The number of rotatable bonds is 1. The van der Waals surface area contributed by atoms with Crippen molar-refractivity contribution in [1.29, 1.82) is 0 Å². The fourth-order valence-electron chi connectivity index (χ4n) is 3.54. The lowest BCUT2D eigenvalue weighted by atomic mass is 9.73. The molecule has 0 radical (unpaired) electrons. The van der Waals surface area contributed by atoms with Crippen molar-refractivity contribution in [3.63, 3.8) is 0 Å². The Morgan fingerprint density at radius 2 is 1.81 bits per heavy atom. The summed E-state index contributed by atoms with van der Waals surface area (Å²) in [6.07, 6.45) is 1.87. The van der Waals surface area contributed by atoms with Crippen LogP contribution in [-0.4, -0.2) is 32.9 Å². The third kappa shape index (κ3) is 2.14. The summed E-state index contributed by atoms with van der Waals surface area (Å²) in [6.45, 7) is 10.7. The molecule has 2 aliphatic heterocycles. The molecule has 94 valence electrons. The zero-order valence-corrected chi connectivity index (χ0v) is 11.9. The minimum absolute atomic E-state index is 0.0968. The molecule has 3 unspecified atom stereocenters. The van der Waals surface area contributed by atoms with Crippen LogP contribution in [0, 0.1) is 5.92 Å². The average molecular weight is 244 g/mol. The Hall–Kier alpha value is 0.270. The first-order chi connectivity index (χ1) is 7.15. The zero-order chi connectivity index (χ0) is 12.2. The molecule has 0 spiro atoms. The second-order valence-corrected chi connectivity index (χ2v) is 8.08. The largest absolute Gasteiger partial charge is 0.389 e. The SMILES string of the molecule is CC1CC(O)(C2CC(C)(C)OC2(C)C)CS1. The van der Waals surface area contributed by atoms with Crippen molar-refractivity contribution >= 4 is 11.8 Å². The Morgan fingerprint density at radius 1 is 1.19 bits per heavy atom. The molecule has 0 aromatic carbocycles. The van der Waals surface area contributed by atoms with Gasteiger partial charge in [-0.15, -0.1) is 0 Å². The molecule has 2 fully saturated rings. The summed E-state index contributed by atoms with van der Waals surface area (Å²) in [5.74, 6) is 1.12. The second-order valence-electron chi connectivity index (χ2n) is 6.65. The van der Waals surface area contributed by atoms with E-state index in [0.29, 0.717) is 5.25 Å². The average Bonchev–Trinajstić information content (AvgIpc) is 2.51. The number of hydrogen-bond donors (Lipinski definition) is 1. The molecule has 0 bridgehead atoms. The van der Waals surface area contributed by atoms with Gasteiger partial charge in [0.25, 0.3) is 0 Å². The van der Waals surface area contributed by atoms with E-state index in [4.69, 9.17) is 4.74 Å². The van der Waals surface area contributed by atoms with E-state index in [-0.39, 0.29) is 17.1 Å². The Labute approximate surface area is 103 Å². The van der Waals surface area contributed by atoms with E-state index in [0.717, 1.165) is 18.6 Å². The number of aliphatic hydroxyl groups is 1. The van der Waals surface area contributed by atoms with Crippen LogP contribution in [0.3, 0.4) is 0 Å². The van der Waals surface area contributed by atoms with Crippen molar-refractivity contribution in [3.8, 4) is 0 Å². The highest BCUT2D eigenvalue weighted by molar-refractivity contribution is 8.00. The fourth-order valence-corrected chi connectivity index (χ4v) is 4.84. The van der Waals surface area contributed by atoms with E-state index in [1.165, 1.54) is 0 Å². The molecule has 0 aliphatic carbocycles. The highest BCUT2D eigenvalue weighted by Crippen LogP contribution is 2.52. The molecule has 0 aromatic heterocycles. The van der Waals surface area contributed by atoms with Gasteiger partial charge < -0.3 is 9.84 Å². The lowest BCUT2D eigenvalue weighted by Crippen LogP contribution is -2.47. The predicted octanol–water partition coefficient (Wildman–Crippen LogP) is 2.84. The first kappa shape index (κ1) is 12.7. The Bertz CT molecular complexity index is 288. The summed E-state index contributed by atoms with van der Waals surface area (Å²) in [7, 11) is 0. The lowest BCUT2D eigenvalue weighted by molar-refractivity contribution is -0.106. The molecule has 2 heterocycles. The number of thioether (sulfide) groups is 1. The molecule has 2 saturated heterocycles. The summed E-state index contributed by atoms with van der Waals surface area (Å²) in [4.78, 5) is 0. The second kappa shape index (κ2) is 3.63. The minimum atomic E-state index is -0.526. The summed E-state index contributed by atoms with van der Waals surface area (Å²) < 4.78 is 6.09. The summed E-state index contributed by atoms with van der Waals surface area (Å²) in [5, 5.41) is 11.4. The Morgan fingerprint density at radius 3 is 2.19 bits per heavy atom. The van der Waals surface area contributed by atoms with E-state index in [1.54, 1.807) is 0 Å². The quantitative estimate of drug-likeness (QED) is 0.769. The van der Waals surface area contributed by atoms with Crippen LogP contribution in [0.4, 0.5) is 0 Å². The number of hydrogen-bond acceptors (Lipinski definition) is 3. The Balaban J connectivity index is 2.21. The highest BCUT2D eigenvalue weighted by atomic mass is 32.2. The number of ether oxygens (including phenoxy) is 1. The van der Waals surface area contributed by atoms with Crippen LogP contribution in [0.5, 0.6) is 0 Å². The molecule has 3 atom stereocenters. The zero-order valence-electron chi connectivity index (χ0n) is 11.0. The fraction of sp³-hybridized carbons (Fsp3) is 1.00. The topological polar surface area (TPSA) is 29.5 Å². The van der Waals surface area contributed by atoms with Gasteiger partial charge in [0.15, 0.2) is 0 Å². The smallest absolute Gasteiger partial charge is 0.0804 e. The van der Waals surface area contributed by atoms with Crippen LogP contribution in [0.2, 0.25) is 0 Å². The lowest BCUT2D eigenvalue weighted by Gasteiger charge is -2.37. The van der Waals surface area contributed by atoms with Crippen molar-refractivity contribution in [3.05, 3.63) is 0 Å². The summed E-state index contributed by atoms with van der Waals surface area (Å²) in [5.41, 5.74) is -0.829. The van der Waals surface area contributed by atoms with Gasteiger partial charge in [-0.1, -0.05) is 6.92 Å². The minimum Gasteiger partial charge on any atom is -0.389 e. The van der Waals surface area contributed by atoms with Crippen molar-refractivity contribution in [2.45, 2.75) is 69.5 Å². The third-order valence-corrected chi connectivity index (χ3v) is 5.38. The first-order valence-electron chi connectivity index (χ1n) is 6.19. The monoisotopic (exact) mass is 244 g/mol. The molecule has 0 amide bonds. The van der Waals surface area contributed by atoms with Crippen LogP contribution in [0.25, 0.3) is 0 Å². The molecular weight excluding hydrogens is 220 g/mol. The molecule has 2 rings (SSSR count). The van der Waals surface area contributed by atoms with Gasteiger partial charge >= 0.3 is 0 Å². The third-order valence-electron chi connectivity index (χ3n) is 3.98. The first-order valence-corrected chi connectivity index (χ1v) is 7.24. The highest BCUT2D eigenvalue weighted by Gasteiger charge is 2.56. The summed E-state index contributed by atoms with van der Waals surface area (Å²) in [6, 6.07) is 0. The molecular formula is C13H24O2S.